The van der Waals surface area contributed by atoms with E-state index in [0.717, 1.165) is 16.5 Å². The molecule has 138 valence electrons. The van der Waals surface area contributed by atoms with E-state index >= 15 is 0 Å². The van der Waals surface area contributed by atoms with Gasteiger partial charge in [0.05, 0.1) is 29.4 Å². The van der Waals surface area contributed by atoms with Crippen LogP contribution in [0.1, 0.15) is 32.0 Å². The minimum atomic E-state index is -0.387. The number of rotatable bonds is 4. The van der Waals surface area contributed by atoms with Crippen LogP contribution in [0.2, 0.25) is 5.02 Å². The summed E-state index contributed by atoms with van der Waals surface area (Å²) in [5.41, 5.74) is 3.39. The summed E-state index contributed by atoms with van der Waals surface area (Å²) in [6.07, 6.45) is 0. The number of methoxy groups -OCH3 is 1. The van der Waals surface area contributed by atoms with Gasteiger partial charge in [-0.05, 0) is 48.9 Å². The van der Waals surface area contributed by atoms with Gasteiger partial charge in [-0.1, -0.05) is 23.7 Å². The Hall–Kier alpha value is -2.92. The van der Waals surface area contributed by atoms with Crippen molar-refractivity contribution in [2.45, 2.75) is 13.5 Å². The van der Waals surface area contributed by atoms with Crippen molar-refractivity contribution in [3.05, 3.63) is 75.9 Å². The Morgan fingerprint density at radius 2 is 1.81 bits per heavy atom. The van der Waals surface area contributed by atoms with Crippen LogP contribution in [-0.2, 0) is 11.3 Å². The Labute approximate surface area is 162 Å². The van der Waals surface area contributed by atoms with Crippen molar-refractivity contribution in [1.29, 1.82) is 0 Å². The zero-order chi connectivity index (χ0) is 19.6. The first-order valence-corrected chi connectivity index (χ1v) is 8.76. The average molecular weight is 383 g/mol. The summed E-state index contributed by atoms with van der Waals surface area (Å²) >= 11 is 6.05. The summed E-state index contributed by atoms with van der Waals surface area (Å²) in [5, 5.41) is 1.43. The Kier molecular flexibility index (Phi) is 5.42. The molecule has 0 saturated heterocycles. The lowest BCUT2D eigenvalue weighted by atomic mass is 10.1. The molecule has 1 heterocycles. The van der Waals surface area contributed by atoms with E-state index in [1.807, 2.05) is 19.1 Å². The molecule has 0 radical (unpaired) electrons. The summed E-state index contributed by atoms with van der Waals surface area (Å²) in [5.74, 6) is -0.513. The predicted octanol–water partition coefficient (Wildman–Crippen LogP) is 4.26. The van der Waals surface area contributed by atoms with Crippen LogP contribution in [0.5, 0.6) is 0 Å². The van der Waals surface area contributed by atoms with Gasteiger partial charge in [0, 0.05) is 24.0 Å². The number of amides is 1. The molecule has 0 aliphatic rings. The second-order valence-corrected chi connectivity index (χ2v) is 6.74. The van der Waals surface area contributed by atoms with Crippen LogP contribution in [0, 0.1) is 6.92 Å². The fourth-order valence-corrected chi connectivity index (χ4v) is 3.06. The summed E-state index contributed by atoms with van der Waals surface area (Å²) < 4.78 is 4.69. The van der Waals surface area contributed by atoms with Crippen LogP contribution in [0.3, 0.4) is 0 Å². The van der Waals surface area contributed by atoms with Crippen LogP contribution in [0.15, 0.2) is 48.5 Å². The third-order valence-corrected chi connectivity index (χ3v) is 4.57. The van der Waals surface area contributed by atoms with E-state index in [-0.39, 0.29) is 11.9 Å². The van der Waals surface area contributed by atoms with E-state index in [9.17, 15) is 9.59 Å². The van der Waals surface area contributed by atoms with E-state index in [1.165, 1.54) is 7.11 Å². The summed E-state index contributed by atoms with van der Waals surface area (Å²) in [7, 11) is 3.08. The van der Waals surface area contributed by atoms with Crippen molar-refractivity contribution >= 4 is 34.4 Å². The smallest absolute Gasteiger partial charge is 0.337 e. The Bertz CT molecular complexity index is 1020. The van der Waals surface area contributed by atoms with Crippen molar-refractivity contribution in [2.75, 3.05) is 14.2 Å². The molecule has 5 nitrogen and oxygen atoms in total. The number of pyridine rings is 1. The summed E-state index contributed by atoms with van der Waals surface area (Å²) in [6.45, 7) is 2.23. The number of carbonyl (C=O) groups is 2. The lowest BCUT2D eigenvalue weighted by Crippen LogP contribution is -2.27. The molecule has 0 N–H and O–H groups in total. The highest BCUT2D eigenvalue weighted by molar-refractivity contribution is 6.31. The molecule has 0 fully saturated rings. The molecule has 2 aromatic carbocycles. The van der Waals surface area contributed by atoms with Crippen molar-refractivity contribution in [3.8, 4) is 0 Å². The second-order valence-electron chi connectivity index (χ2n) is 6.31. The highest BCUT2D eigenvalue weighted by Crippen LogP contribution is 2.22. The highest BCUT2D eigenvalue weighted by Gasteiger charge is 2.17. The lowest BCUT2D eigenvalue weighted by molar-refractivity contribution is 0.0600. The SMILES string of the molecule is COC(=O)c1ccc(CN(C)C(=O)c2cc3cc(Cl)ccc3nc2C)cc1. The number of esters is 1. The van der Waals surface area contributed by atoms with Gasteiger partial charge in [0.15, 0.2) is 0 Å². The molecule has 0 saturated carbocycles. The topological polar surface area (TPSA) is 59.5 Å². The van der Waals surface area contributed by atoms with Crippen LogP contribution in [-0.4, -0.2) is 35.9 Å². The summed E-state index contributed by atoms with van der Waals surface area (Å²) in [4.78, 5) is 30.5. The third kappa shape index (κ3) is 4.09. The van der Waals surface area contributed by atoms with Crippen LogP contribution in [0.25, 0.3) is 10.9 Å². The van der Waals surface area contributed by atoms with Crippen molar-refractivity contribution in [1.82, 2.24) is 9.88 Å². The minimum Gasteiger partial charge on any atom is -0.465 e. The van der Waals surface area contributed by atoms with E-state index in [2.05, 4.69) is 4.98 Å². The standard InChI is InChI=1S/C21H19ClN2O3/c1-13-18(11-16-10-17(22)8-9-19(16)23-13)20(25)24(2)12-14-4-6-15(7-5-14)21(26)27-3/h4-11H,12H2,1-3H3. The van der Waals surface area contributed by atoms with Gasteiger partial charge < -0.3 is 9.64 Å². The molecule has 27 heavy (non-hydrogen) atoms. The van der Waals surface area contributed by atoms with Crippen molar-refractivity contribution in [2.24, 2.45) is 0 Å². The van der Waals surface area contributed by atoms with Gasteiger partial charge in [0.25, 0.3) is 5.91 Å². The molecule has 1 aromatic heterocycles. The molecule has 0 unspecified atom stereocenters. The Balaban J connectivity index is 1.81. The van der Waals surface area contributed by atoms with Gasteiger partial charge in [-0.15, -0.1) is 0 Å². The molecule has 3 aromatic rings. The van der Waals surface area contributed by atoms with Crippen molar-refractivity contribution in [3.63, 3.8) is 0 Å². The van der Waals surface area contributed by atoms with Crippen LogP contribution >= 0.6 is 11.6 Å². The van der Waals surface area contributed by atoms with E-state index < -0.39 is 0 Å². The van der Waals surface area contributed by atoms with E-state index in [1.54, 1.807) is 48.3 Å². The number of aromatic nitrogens is 1. The third-order valence-electron chi connectivity index (χ3n) is 4.34. The molecule has 0 atom stereocenters. The largest absolute Gasteiger partial charge is 0.465 e. The zero-order valence-corrected chi connectivity index (χ0v) is 16.1. The van der Waals surface area contributed by atoms with Gasteiger partial charge in [0.2, 0.25) is 0 Å². The number of hydrogen-bond donors (Lipinski definition) is 0. The first kappa shape index (κ1) is 18.9. The molecule has 3 rings (SSSR count). The maximum Gasteiger partial charge on any atom is 0.337 e. The number of benzene rings is 2. The molecule has 0 aliphatic carbocycles. The number of aryl methyl sites for hydroxylation is 1. The number of fused-ring (bicyclic) bond motifs is 1. The van der Waals surface area contributed by atoms with E-state index in [0.29, 0.717) is 28.4 Å². The quantitative estimate of drug-likeness (QED) is 0.633. The number of halogens is 1. The normalized spacial score (nSPS) is 10.7. The number of hydrogen-bond acceptors (Lipinski definition) is 4. The van der Waals surface area contributed by atoms with E-state index in [4.69, 9.17) is 16.3 Å². The van der Waals surface area contributed by atoms with Gasteiger partial charge >= 0.3 is 5.97 Å². The maximum atomic E-state index is 12.9. The Morgan fingerprint density at radius 3 is 2.48 bits per heavy atom. The first-order chi connectivity index (χ1) is 12.9. The van der Waals surface area contributed by atoms with Crippen LogP contribution in [0.4, 0.5) is 0 Å². The molecule has 0 aliphatic heterocycles. The zero-order valence-electron chi connectivity index (χ0n) is 15.3. The van der Waals surface area contributed by atoms with Gasteiger partial charge in [-0.25, -0.2) is 4.79 Å². The highest BCUT2D eigenvalue weighted by atomic mass is 35.5. The number of ether oxygens (including phenoxy) is 1. The van der Waals surface area contributed by atoms with Crippen molar-refractivity contribution < 1.29 is 14.3 Å². The van der Waals surface area contributed by atoms with Crippen LogP contribution < -0.4 is 0 Å². The van der Waals surface area contributed by atoms with Gasteiger partial charge in [-0.3, -0.25) is 9.78 Å². The average Bonchev–Trinajstić information content (AvgIpc) is 2.67. The monoisotopic (exact) mass is 382 g/mol. The molecule has 0 bridgehead atoms. The first-order valence-electron chi connectivity index (χ1n) is 8.38. The second kappa shape index (κ2) is 7.76. The fraction of sp³-hybridized carbons (Fsp3) is 0.190. The number of nitrogens with zero attached hydrogens (tertiary/aromatic N) is 2. The molecular formula is C21H19ClN2O3. The molecule has 6 heteroatoms. The fourth-order valence-electron chi connectivity index (χ4n) is 2.88. The molecule has 0 spiro atoms. The van der Waals surface area contributed by atoms with Gasteiger partial charge in [-0.2, -0.15) is 0 Å². The summed E-state index contributed by atoms with van der Waals surface area (Å²) in [6, 6.07) is 14.2. The number of carbonyl (C=O) groups excluding carboxylic acids is 2. The molecule has 1 amide bonds. The predicted molar refractivity (Wildman–Crippen MR) is 105 cm³/mol. The maximum absolute atomic E-state index is 12.9. The van der Waals surface area contributed by atoms with Gasteiger partial charge in [0.1, 0.15) is 0 Å². The lowest BCUT2D eigenvalue weighted by Gasteiger charge is -2.19. The molecular weight excluding hydrogens is 364 g/mol. The Morgan fingerprint density at radius 1 is 1.11 bits per heavy atom. The minimum absolute atomic E-state index is 0.126.